The van der Waals surface area contributed by atoms with Crippen LogP contribution in [0.1, 0.15) is 63.9 Å². The fraction of sp³-hybridized carbons (Fsp3) is 0.684. The molecule has 2 saturated carbocycles. The normalized spacial score (nSPS) is 24.1. The van der Waals surface area contributed by atoms with Crippen LogP contribution in [0.2, 0.25) is 0 Å². The Hall–Kier alpha value is -0.820. The molecule has 2 aliphatic rings. The molecule has 0 heterocycles. The van der Waals surface area contributed by atoms with Crippen LogP contribution < -0.4 is 5.32 Å². The standard InChI is InChI=1S/C19H29N/c1-2-20-18(16-10-9-11-16)19(14-7-4-8-15-19)17-12-5-3-6-13-17/h3,5-6,12-13,16,18,20H,2,4,7-11,14-15H2,1H3. The van der Waals surface area contributed by atoms with Gasteiger partial charge >= 0.3 is 0 Å². The van der Waals surface area contributed by atoms with E-state index in [0.717, 1.165) is 12.5 Å². The molecule has 1 N–H and O–H groups in total. The van der Waals surface area contributed by atoms with Gasteiger partial charge in [-0.3, -0.25) is 0 Å². The SMILES string of the molecule is CCNC(C1CCC1)C1(c2ccccc2)CCCCC1. The lowest BCUT2D eigenvalue weighted by Crippen LogP contribution is -2.55. The predicted octanol–water partition coefficient (Wildman–Crippen LogP) is 4.67. The Kier molecular flexibility index (Phi) is 4.45. The molecule has 0 spiro atoms. The summed E-state index contributed by atoms with van der Waals surface area (Å²) in [7, 11) is 0. The summed E-state index contributed by atoms with van der Waals surface area (Å²) in [4.78, 5) is 0. The third-order valence-corrected chi connectivity index (χ3v) is 5.74. The van der Waals surface area contributed by atoms with Gasteiger partial charge in [0.15, 0.2) is 0 Å². The quantitative estimate of drug-likeness (QED) is 0.821. The molecule has 0 bridgehead atoms. The molecule has 1 atom stereocenters. The van der Waals surface area contributed by atoms with Crippen molar-refractivity contribution in [3.05, 3.63) is 35.9 Å². The van der Waals surface area contributed by atoms with Crippen molar-refractivity contribution in [1.82, 2.24) is 5.32 Å². The number of benzene rings is 1. The maximum atomic E-state index is 3.89. The molecule has 1 aromatic carbocycles. The van der Waals surface area contributed by atoms with Crippen LogP contribution >= 0.6 is 0 Å². The van der Waals surface area contributed by atoms with E-state index in [9.17, 15) is 0 Å². The molecule has 1 aromatic rings. The Balaban J connectivity index is 1.94. The Morgan fingerprint density at radius 2 is 1.75 bits per heavy atom. The van der Waals surface area contributed by atoms with Gasteiger partial charge in [0.1, 0.15) is 0 Å². The summed E-state index contributed by atoms with van der Waals surface area (Å²) < 4.78 is 0. The molecular weight excluding hydrogens is 242 g/mol. The van der Waals surface area contributed by atoms with Gasteiger partial charge in [0.25, 0.3) is 0 Å². The average Bonchev–Trinajstić information content (AvgIpc) is 2.47. The lowest BCUT2D eigenvalue weighted by atomic mass is 9.59. The highest BCUT2D eigenvalue weighted by Gasteiger charge is 2.45. The topological polar surface area (TPSA) is 12.0 Å². The van der Waals surface area contributed by atoms with Crippen LogP contribution in [0.4, 0.5) is 0 Å². The van der Waals surface area contributed by atoms with Crippen molar-refractivity contribution in [1.29, 1.82) is 0 Å². The lowest BCUT2D eigenvalue weighted by Gasteiger charge is -2.50. The second-order valence-electron chi connectivity index (χ2n) is 6.81. The van der Waals surface area contributed by atoms with E-state index in [4.69, 9.17) is 0 Å². The second kappa shape index (κ2) is 6.30. The summed E-state index contributed by atoms with van der Waals surface area (Å²) in [6, 6.07) is 12.1. The van der Waals surface area contributed by atoms with E-state index < -0.39 is 0 Å². The Morgan fingerprint density at radius 3 is 2.30 bits per heavy atom. The minimum Gasteiger partial charge on any atom is -0.313 e. The third-order valence-electron chi connectivity index (χ3n) is 5.74. The van der Waals surface area contributed by atoms with Gasteiger partial charge in [-0.05, 0) is 43.7 Å². The van der Waals surface area contributed by atoms with Crippen molar-refractivity contribution < 1.29 is 0 Å². The molecule has 0 saturated heterocycles. The van der Waals surface area contributed by atoms with Gasteiger partial charge in [-0.25, -0.2) is 0 Å². The summed E-state index contributed by atoms with van der Waals surface area (Å²) in [5.74, 6) is 0.910. The van der Waals surface area contributed by atoms with Crippen molar-refractivity contribution in [3.8, 4) is 0 Å². The molecule has 1 unspecified atom stereocenters. The minimum absolute atomic E-state index is 0.403. The van der Waals surface area contributed by atoms with Gasteiger partial charge in [0.05, 0.1) is 0 Å². The first-order valence-corrected chi connectivity index (χ1v) is 8.66. The number of likely N-dealkylation sites (N-methyl/N-ethyl adjacent to an activating group) is 1. The van der Waals surface area contributed by atoms with Gasteiger partial charge in [-0.2, -0.15) is 0 Å². The summed E-state index contributed by atoms with van der Waals surface area (Å²) in [5.41, 5.74) is 2.00. The Morgan fingerprint density at radius 1 is 1.05 bits per heavy atom. The monoisotopic (exact) mass is 271 g/mol. The van der Waals surface area contributed by atoms with Gasteiger partial charge in [-0.1, -0.05) is 62.9 Å². The van der Waals surface area contributed by atoms with Crippen LogP contribution in [-0.2, 0) is 5.41 Å². The molecule has 1 nitrogen and oxygen atoms in total. The molecule has 1 heteroatoms. The third kappa shape index (κ3) is 2.53. The summed E-state index contributed by atoms with van der Waals surface area (Å²) in [6.07, 6.45) is 11.3. The van der Waals surface area contributed by atoms with Crippen molar-refractivity contribution in [2.75, 3.05) is 6.54 Å². The van der Waals surface area contributed by atoms with Crippen LogP contribution in [0.5, 0.6) is 0 Å². The number of nitrogens with one attached hydrogen (secondary N) is 1. The molecule has 0 aliphatic heterocycles. The van der Waals surface area contributed by atoms with Gasteiger partial charge in [0, 0.05) is 11.5 Å². The maximum Gasteiger partial charge on any atom is 0.0192 e. The highest BCUT2D eigenvalue weighted by molar-refractivity contribution is 5.29. The van der Waals surface area contributed by atoms with Crippen LogP contribution in [0.25, 0.3) is 0 Å². The van der Waals surface area contributed by atoms with Gasteiger partial charge in [0.2, 0.25) is 0 Å². The molecule has 0 radical (unpaired) electrons. The number of hydrogen-bond acceptors (Lipinski definition) is 1. The Bertz CT molecular complexity index is 401. The maximum absolute atomic E-state index is 3.89. The zero-order chi connectivity index (χ0) is 13.8. The Labute approximate surface area is 124 Å². The van der Waals surface area contributed by atoms with Crippen molar-refractivity contribution in [3.63, 3.8) is 0 Å². The van der Waals surface area contributed by atoms with Crippen LogP contribution in [0, 0.1) is 5.92 Å². The molecule has 2 aliphatic carbocycles. The predicted molar refractivity (Wildman–Crippen MR) is 86.0 cm³/mol. The molecule has 3 rings (SSSR count). The van der Waals surface area contributed by atoms with Gasteiger partial charge < -0.3 is 5.32 Å². The molecule has 2 fully saturated rings. The first-order chi connectivity index (χ1) is 9.87. The second-order valence-corrected chi connectivity index (χ2v) is 6.81. The zero-order valence-corrected chi connectivity index (χ0v) is 12.9. The molecule has 0 aromatic heterocycles. The van der Waals surface area contributed by atoms with Crippen molar-refractivity contribution >= 4 is 0 Å². The lowest BCUT2D eigenvalue weighted by molar-refractivity contribution is 0.116. The fourth-order valence-electron chi connectivity index (χ4n) is 4.54. The molecule has 0 amide bonds. The summed E-state index contributed by atoms with van der Waals surface area (Å²) in [5, 5.41) is 3.89. The highest BCUT2D eigenvalue weighted by atomic mass is 14.9. The van der Waals surface area contributed by atoms with E-state index in [1.807, 2.05) is 0 Å². The van der Waals surface area contributed by atoms with E-state index in [1.54, 1.807) is 5.56 Å². The minimum atomic E-state index is 0.403. The first-order valence-electron chi connectivity index (χ1n) is 8.66. The van der Waals surface area contributed by atoms with Crippen LogP contribution in [0.3, 0.4) is 0 Å². The van der Waals surface area contributed by atoms with E-state index >= 15 is 0 Å². The number of hydrogen-bond donors (Lipinski definition) is 1. The largest absolute Gasteiger partial charge is 0.313 e. The van der Waals surface area contributed by atoms with Crippen molar-refractivity contribution in [2.24, 2.45) is 5.92 Å². The van der Waals surface area contributed by atoms with Gasteiger partial charge in [-0.15, -0.1) is 0 Å². The molecular formula is C19H29N. The first kappa shape index (κ1) is 14.1. The van der Waals surface area contributed by atoms with E-state index in [1.165, 1.54) is 51.4 Å². The van der Waals surface area contributed by atoms with E-state index in [0.29, 0.717) is 11.5 Å². The summed E-state index contributed by atoms with van der Waals surface area (Å²) in [6.45, 7) is 3.38. The van der Waals surface area contributed by atoms with E-state index in [2.05, 4.69) is 42.6 Å². The number of rotatable bonds is 5. The van der Waals surface area contributed by atoms with Crippen LogP contribution in [-0.4, -0.2) is 12.6 Å². The highest BCUT2D eigenvalue weighted by Crippen LogP contribution is 2.47. The van der Waals surface area contributed by atoms with Crippen molar-refractivity contribution in [2.45, 2.75) is 69.7 Å². The smallest absolute Gasteiger partial charge is 0.0192 e. The zero-order valence-electron chi connectivity index (χ0n) is 12.9. The van der Waals surface area contributed by atoms with E-state index in [-0.39, 0.29) is 0 Å². The molecule has 20 heavy (non-hydrogen) atoms. The molecule has 110 valence electrons. The fourth-order valence-corrected chi connectivity index (χ4v) is 4.54. The average molecular weight is 271 g/mol. The summed E-state index contributed by atoms with van der Waals surface area (Å²) >= 11 is 0. The van der Waals surface area contributed by atoms with Crippen LogP contribution in [0.15, 0.2) is 30.3 Å².